The van der Waals surface area contributed by atoms with Gasteiger partial charge in [0.15, 0.2) is 0 Å². The number of rotatable bonds is 3. The SMILES string of the molecule is Cc1cc(C)nc(Sc2ccc(C)cc2CO)c1. The molecule has 0 aliphatic carbocycles. The maximum Gasteiger partial charge on any atom is 0.101 e. The standard InChI is InChI=1S/C15H17NOS/c1-10-4-5-14(13(7-10)9-17)18-15-8-11(2)6-12(3)16-15/h4-8,17H,9H2,1-3H3. The Labute approximate surface area is 112 Å². The highest BCUT2D eigenvalue weighted by Gasteiger charge is 2.06. The van der Waals surface area contributed by atoms with Crippen LogP contribution in [0.2, 0.25) is 0 Å². The Morgan fingerprint density at radius 2 is 1.83 bits per heavy atom. The molecule has 0 aliphatic heterocycles. The Hall–Kier alpha value is -1.32. The largest absolute Gasteiger partial charge is 0.392 e. The summed E-state index contributed by atoms with van der Waals surface area (Å²) in [5, 5.41) is 10.4. The molecule has 0 saturated heterocycles. The van der Waals surface area contributed by atoms with Crippen LogP contribution in [0.25, 0.3) is 0 Å². The highest BCUT2D eigenvalue weighted by Crippen LogP contribution is 2.30. The molecule has 2 aromatic rings. The summed E-state index contributed by atoms with van der Waals surface area (Å²) in [6.07, 6.45) is 0. The minimum atomic E-state index is 0.0643. The fourth-order valence-electron chi connectivity index (χ4n) is 1.90. The number of hydrogen-bond donors (Lipinski definition) is 1. The van der Waals surface area contributed by atoms with Gasteiger partial charge in [-0.2, -0.15) is 0 Å². The van der Waals surface area contributed by atoms with Crippen LogP contribution in [0.5, 0.6) is 0 Å². The van der Waals surface area contributed by atoms with Crippen molar-refractivity contribution in [2.24, 2.45) is 0 Å². The lowest BCUT2D eigenvalue weighted by molar-refractivity contribution is 0.279. The quantitative estimate of drug-likeness (QED) is 0.913. The number of benzene rings is 1. The molecule has 94 valence electrons. The van der Waals surface area contributed by atoms with Crippen LogP contribution in [-0.4, -0.2) is 10.1 Å². The Kier molecular flexibility index (Phi) is 4.04. The molecule has 0 saturated carbocycles. The molecule has 1 aromatic carbocycles. The molecule has 1 heterocycles. The van der Waals surface area contributed by atoms with Crippen LogP contribution in [-0.2, 0) is 6.61 Å². The van der Waals surface area contributed by atoms with Crippen molar-refractivity contribution in [2.75, 3.05) is 0 Å². The topological polar surface area (TPSA) is 33.1 Å². The molecule has 2 rings (SSSR count). The van der Waals surface area contributed by atoms with Crippen molar-refractivity contribution in [3.8, 4) is 0 Å². The summed E-state index contributed by atoms with van der Waals surface area (Å²) in [6.45, 7) is 6.16. The average Bonchev–Trinajstić information content (AvgIpc) is 2.30. The number of nitrogens with zero attached hydrogens (tertiary/aromatic N) is 1. The van der Waals surface area contributed by atoms with E-state index >= 15 is 0 Å². The number of aliphatic hydroxyl groups is 1. The molecule has 0 aliphatic rings. The fraction of sp³-hybridized carbons (Fsp3) is 0.267. The first-order valence-corrected chi connectivity index (χ1v) is 6.73. The smallest absolute Gasteiger partial charge is 0.101 e. The van der Waals surface area contributed by atoms with Gasteiger partial charge in [0.05, 0.1) is 6.61 Å². The second-order valence-corrected chi connectivity index (χ2v) is 5.56. The predicted octanol–water partition coefficient (Wildman–Crippen LogP) is 3.65. The van der Waals surface area contributed by atoms with E-state index in [0.717, 1.165) is 26.7 Å². The molecule has 1 N–H and O–H groups in total. The molecule has 0 bridgehead atoms. The van der Waals surface area contributed by atoms with Gasteiger partial charge in [0, 0.05) is 10.6 Å². The second-order valence-electron chi connectivity index (χ2n) is 4.50. The summed E-state index contributed by atoms with van der Waals surface area (Å²) >= 11 is 1.60. The lowest BCUT2D eigenvalue weighted by atomic mass is 10.1. The van der Waals surface area contributed by atoms with Gasteiger partial charge in [0.2, 0.25) is 0 Å². The Morgan fingerprint density at radius 3 is 2.50 bits per heavy atom. The third-order valence-electron chi connectivity index (χ3n) is 2.68. The second kappa shape index (κ2) is 5.55. The van der Waals surface area contributed by atoms with Crippen LogP contribution >= 0.6 is 11.8 Å². The van der Waals surface area contributed by atoms with Gasteiger partial charge in [0.25, 0.3) is 0 Å². The normalized spacial score (nSPS) is 10.7. The third-order valence-corrected chi connectivity index (χ3v) is 3.71. The zero-order valence-electron chi connectivity index (χ0n) is 10.9. The molecule has 0 amide bonds. The van der Waals surface area contributed by atoms with Crippen LogP contribution < -0.4 is 0 Å². The molecular weight excluding hydrogens is 242 g/mol. The van der Waals surface area contributed by atoms with Crippen molar-refractivity contribution >= 4 is 11.8 Å². The van der Waals surface area contributed by atoms with E-state index in [0.29, 0.717) is 0 Å². The molecule has 2 nitrogen and oxygen atoms in total. The summed E-state index contributed by atoms with van der Waals surface area (Å²) < 4.78 is 0. The summed E-state index contributed by atoms with van der Waals surface area (Å²) in [5.74, 6) is 0. The Balaban J connectivity index is 2.33. The van der Waals surface area contributed by atoms with Gasteiger partial charge < -0.3 is 5.11 Å². The highest BCUT2D eigenvalue weighted by atomic mass is 32.2. The van der Waals surface area contributed by atoms with Crippen molar-refractivity contribution in [3.63, 3.8) is 0 Å². The van der Waals surface area contributed by atoms with E-state index in [4.69, 9.17) is 0 Å². The molecule has 0 atom stereocenters. The third kappa shape index (κ3) is 3.12. The molecule has 0 unspecified atom stereocenters. The van der Waals surface area contributed by atoms with Gasteiger partial charge in [-0.3, -0.25) is 0 Å². The number of aromatic nitrogens is 1. The van der Waals surface area contributed by atoms with Gasteiger partial charge >= 0.3 is 0 Å². The fourth-order valence-corrected chi connectivity index (χ4v) is 2.95. The number of aryl methyl sites for hydroxylation is 3. The van der Waals surface area contributed by atoms with Crippen LogP contribution in [0.4, 0.5) is 0 Å². The molecular formula is C15H17NOS. The molecule has 0 spiro atoms. The number of hydrogen-bond acceptors (Lipinski definition) is 3. The van der Waals surface area contributed by atoms with Crippen LogP contribution in [0.3, 0.4) is 0 Å². The molecule has 1 aromatic heterocycles. The van der Waals surface area contributed by atoms with Gasteiger partial charge in [-0.25, -0.2) is 4.98 Å². The van der Waals surface area contributed by atoms with Crippen LogP contribution in [0.15, 0.2) is 40.3 Å². The first kappa shape index (κ1) is 13.1. The minimum absolute atomic E-state index is 0.0643. The lowest BCUT2D eigenvalue weighted by Crippen LogP contribution is -1.91. The minimum Gasteiger partial charge on any atom is -0.392 e. The average molecular weight is 259 g/mol. The Morgan fingerprint density at radius 1 is 1.06 bits per heavy atom. The maximum absolute atomic E-state index is 9.40. The van der Waals surface area contributed by atoms with E-state index in [9.17, 15) is 5.11 Å². The van der Waals surface area contributed by atoms with Gasteiger partial charge in [-0.15, -0.1) is 0 Å². The summed E-state index contributed by atoms with van der Waals surface area (Å²) in [5.41, 5.74) is 4.36. The van der Waals surface area contributed by atoms with Crippen LogP contribution in [0.1, 0.15) is 22.4 Å². The van der Waals surface area contributed by atoms with E-state index in [1.165, 1.54) is 5.56 Å². The summed E-state index contributed by atoms with van der Waals surface area (Å²) in [4.78, 5) is 5.58. The molecule has 18 heavy (non-hydrogen) atoms. The molecule has 3 heteroatoms. The maximum atomic E-state index is 9.40. The van der Waals surface area contributed by atoms with E-state index in [1.54, 1.807) is 11.8 Å². The van der Waals surface area contributed by atoms with E-state index in [-0.39, 0.29) is 6.61 Å². The zero-order valence-corrected chi connectivity index (χ0v) is 11.7. The van der Waals surface area contributed by atoms with Crippen molar-refractivity contribution < 1.29 is 5.11 Å². The zero-order chi connectivity index (χ0) is 13.1. The first-order valence-electron chi connectivity index (χ1n) is 5.92. The van der Waals surface area contributed by atoms with Crippen molar-refractivity contribution in [2.45, 2.75) is 37.3 Å². The number of aliphatic hydroxyl groups excluding tert-OH is 1. The Bertz CT molecular complexity index is 546. The van der Waals surface area contributed by atoms with Crippen molar-refractivity contribution in [3.05, 3.63) is 52.7 Å². The van der Waals surface area contributed by atoms with E-state index in [2.05, 4.69) is 30.1 Å². The van der Waals surface area contributed by atoms with E-state index < -0.39 is 0 Å². The molecule has 0 fully saturated rings. The van der Waals surface area contributed by atoms with Gasteiger partial charge in [0.1, 0.15) is 5.03 Å². The van der Waals surface area contributed by atoms with E-state index in [1.807, 2.05) is 26.0 Å². The monoisotopic (exact) mass is 259 g/mol. The van der Waals surface area contributed by atoms with Gasteiger partial charge in [-0.05, 0) is 50.1 Å². The summed E-state index contributed by atoms with van der Waals surface area (Å²) in [6, 6.07) is 10.3. The van der Waals surface area contributed by atoms with Crippen LogP contribution in [0, 0.1) is 20.8 Å². The summed E-state index contributed by atoms with van der Waals surface area (Å²) in [7, 11) is 0. The first-order chi connectivity index (χ1) is 8.58. The number of pyridine rings is 1. The van der Waals surface area contributed by atoms with Crippen molar-refractivity contribution in [1.82, 2.24) is 4.98 Å². The van der Waals surface area contributed by atoms with Gasteiger partial charge in [-0.1, -0.05) is 29.5 Å². The lowest BCUT2D eigenvalue weighted by Gasteiger charge is -2.08. The molecule has 0 radical (unpaired) electrons. The highest BCUT2D eigenvalue weighted by molar-refractivity contribution is 7.99. The van der Waals surface area contributed by atoms with Crippen molar-refractivity contribution in [1.29, 1.82) is 0 Å². The predicted molar refractivity (Wildman–Crippen MR) is 74.9 cm³/mol.